The van der Waals surface area contributed by atoms with Crippen LogP contribution >= 0.6 is 34.9 Å². The van der Waals surface area contributed by atoms with Gasteiger partial charge in [0.2, 0.25) is 5.91 Å². The standard InChI is InChI=1S/C10H10N4O3S3/c11-5-7(15)14-6(9(16)17)4(1-18-8(5)14)2-19-10-13-12-3-20-10/h3,5,8H,1-2,11H2,(H,16,17)/t5?,8-/m0/s1. The lowest BCUT2D eigenvalue weighted by atomic mass is 10.0. The van der Waals surface area contributed by atoms with E-state index in [2.05, 4.69) is 10.2 Å². The molecule has 106 valence electrons. The first kappa shape index (κ1) is 13.9. The molecule has 1 aromatic rings. The Balaban J connectivity index is 1.82. The minimum Gasteiger partial charge on any atom is -0.477 e. The Hall–Kier alpha value is -1.10. The van der Waals surface area contributed by atoms with Crippen molar-refractivity contribution in [1.29, 1.82) is 0 Å². The second-order valence-corrected chi connectivity index (χ2v) is 7.35. The molecule has 10 heteroatoms. The van der Waals surface area contributed by atoms with Crippen LogP contribution in [-0.2, 0) is 9.59 Å². The fourth-order valence-corrected chi connectivity index (χ4v) is 4.99. The van der Waals surface area contributed by atoms with E-state index in [1.807, 2.05) is 0 Å². The van der Waals surface area contributed by atoms with Gasteiger partial charge in [-0.3, -0.25) is 9.69 Å². The molecule has 1 amide bonds. The number of hydrogen-bond donors (Lipinski definition) is 2. The normalized spacial score (nSPS) is 25.4. The minimum atomic E-state index is -1.08. The van der Waals surface area contributed by atoms with Crippen molar-refractivity contribution in [2.24, 2.45) is 5.73 Å². The highest BCUT2D eigenvalue weighted by molar-refractivity contribution is 8.01. The van der Waals surface area contributed by atoms with Gasteiger partial charge in [-0.15, -0.1) is 22.0 Å². The molecular formula is C10H10N4O3S3. The molecule has 2 atom stereocenters. The van der Waals surface area contributed by atoms with Gasteiger partial charge in [-0.2, -0.15) is 0 Å². The third-order valence-electron chi connectivity index (χ3n) is 3.00. The van der Waals surface area contributed by atoms with Crippen LogP contribution in [0.25, 0.3) is 0 Å². The molecule has 2 aliphatic heterocycles. The van der Waals surface area contributed by atoms with Crippen molar-refractivity contribution in [2.75, 3.05) is 11.5 Å². The summed E-state index contributed by atoms with van der Waals surface area (Å²) in [4.78, 5) is 24.5. The van der Waals surface area contributed by atoms with Crippen LogP contribution in [0.4, 0.5) is 0 Å². The van der Waals surface area contributed by atoms with E-state index in [0.717, 1.165) is 9.91 Å². The summed E-state index contributed by atoms with van der Waals surface area (Å²) in [5.41, 5.74) is 8.11. The van der Waals surface area contributed by atoms with Crippen molar-refractivity contribution in [3.8, 4) is 0 Å². The summed E-state index contributed by atoms with van der Waals surface area (Å²) in [5, 5.41) is 16.7. The molecule has 1 unspecified atom stereocenters. The summed E-state index contributed by atoms with van der Waals surface area (Å²) in [5.74, 6) is -0.355. The topological polar surface area (TPSA) is 109 Å². The minimum absolute atomic E-state index is 0.0810. The number of nitrogens with two attached hydrogens (primary N) is 1. The maximum atomic E-state index is 11.8. The molecule has 0 spiro atoms. The highest BCUT2D eigenvalue weighted by Crippen LogP contribution is 2.40. The smallest absolute Gasteiger partial charge is 0.352 e. The van der Waals surface area contributed by atoms with Gasteiger partial charge in [-0.1, -0.05) is 23.1 Å². The zero-order valence-corrected chi connectivity index (χ0v) is 12.5. The zero-order chi connectivity index (χ0) is 14.3. The molecule has 2 aliphatic rings. The van der Waals surface area contributed by atoms with Crippen LogP contribution in [0.5, 0.6) is 0 Å². The summed E-state index contributed by atoms with van der Waals surface area (Å²) in [6.07, 6.45) is 0. The maximum absolute atomic E-state index is 11.8. The van der Waals surface area contributed by atoms with Crippen molar-refractivity contribution < 1.29 is 14.7 Å². The number of aromatic nitrogens is 2. The molecular weight excluding hydrogens is 320 g/mol. The largest absolute Gasteiger partial charge is 0.477 e. The summed E-state index contributed by atoms with van der Waals surface area (Å²) >= 11 is 4.33. The quantitative estimate of drug-likeness (QED) is 0.596. The number of thioether (sulfide) groups is 2. The van der Waals surface area contributed by atoms with Gasteiger partial charge in [0.1, 0.15) is 22.6 Å². The molecule has 1 aromatic heterocycles. The second kappa shape index (κ2) is 5.35. The molecule has 7 nitrogen and oxygen atoms in total. The van der Waals surface area contributed by atoms with E-state index in [1.165, 1.54) is 39.8 Å². The van der Waals surface area contributed by atoms with Crippen LogP contribution in [0.3, 0.4) is 0 Å². The van der Waals surface area contributed by atoms with Crippen LogP contribution in [0.1, 0.15) is 0 Å². The van der Waals surface area contributed by atoms with E-state index in [1.54, 1.807) is 5.51 Å². The first-order chi connectivity index (χ1) is 9.59. The zero-order valence-electron chi connectivity index (χ0n) is 10.1. The number of carboxylic acids is 1. The number of aliphatic carboxylic acids is 1. The Labute approximate surface area is 126 Å². The predicted octanol–water partition coefficient (Wildman–Crippen LogP) is 0.211. The molecule has 0 saturated carbocycles. The Morgan fingerprint density at radius 1 is 1.65 bits per heavy atom. The molecule has 3 heterocycles. The molecule has 3 N–H and O–H groups in total. The van der Waals surface area contributed by atoms with Crippen molar-refractivity contribution >= 4 is 46.7 Å². The lowest BCUT2D eigenvalue weighted by molar-refractivity contribution is -0.147. The Bertz CT molecular complexity index is 589. The molecule has 0 radical (unpaired) electrons. The Morgan fingerprint density at radius 2 is 2.45 bits per heavy atom. The predicted molar refractivity (Wildman–Crippen MR) is 76.4 cm³/mol. The SMILES string of the molecule is NC1C(=O)N2C(C(=O)O)=C(CSc3nncs3)CS[C@@H]12. The van der Waals surface area contributed by atoms with Gasteiger partial charge in [0.25, 0.3) is 0 Å². The van der Waals surface area contributed by atoms with E-state index >= 15 is 0 Å². The highest BCUT2D eigenvalue weighted by Gasteiger charge is 2.51. The van der Waals surface area contributed by atoms with Gasteiger partial charge in [0.05, 0.1) is 0 Å². The number of fused-ring (bicyclic) bond motifs is 1. The van der Waals surface area contributed by atoms with E-state index in [0.29, 0.717) is 11.5 Å². The third-order valence-corrected chi connectivity index (χ3v) is 6.31. The average Bonchev–Trinajstić information content (AvgIpc) is 2.96. The van der Waals surface area contributed by atoms with E-state index in [4.69, 9.17) is 5.73 Å². The number of hydrogen-bond acceptors (Lipinski definition) is 8. The highest BCUT2D eigenvalue weighted by atomic mass is 32.2. The summed E-state index contributed by atoms with van der Waals surface area (Å²) in [7, 11) is 0. The van der Waals surface area contributed by atoms with E-state index < -0.39 is 12.0 Å². The number of carbonyl (C=O) groups excluding carboxylic acids is 1. The number of amides is 1. The van der Waals surface area contributed by atoms with Gasteiger partial charge >= 0.3 is 5.97 Å². The molecule has 20 heavy (non-hydrogen) atoms. The van der Waals surface area contributed by atoms with Crippen LogP contribution in [0.15, 0.2) is 21.1 Å². The van der Waals surface area contributed by atoms with Crippen LogP contribution < -0.4 is 5.73 Å². The third kappa shape index (κ3) is 2.22. The number of carbonyl (C=O) groups is 2. The summed E-state index contributed by atoms with van der Waals surface area (Å²) in [6.45, 7) is 0. The van der Waals surface area contributed by atoms with Crippen molar-refractivity contribution in [2.45, 2.75) is 15.8 Å². The Morgan fingerprint density at radius 3 is 3.10 bits per heavy atom. The van der Waals surface area contributed by atoms with Crippen molar-refractivity contribution in [3.05, 3.63) is 16.8 Å². The lowest BCUT2D eigenvalue weighted by Crippen LogP contribution is -2.68. The first-order valence-electron chi connectivity index (χ1n) is 5.64. The van der Waals surface area contributed by atoms with Gasteiger partial charge in [-0.25, -0.2) is 4.79 Å². The molecule has 1 saturated heterocycles. The monoisotopic (exact) mass is 330 g/mol. The fraction of sp³-hybridized carbons (Fsp3) is 0.400. The number of nitrogens with zero attached hydrogens (tertiary/aromatic N) is 3. The van der Waals surface area contributed by atoms with Crippen LogP contribution in [-0.4, -0.2) is 55.0 Å². The van der Waals surface area contributed by atoms with Gasteiger partial charge < -0.3 is 10.8 Å². The second-order valence-electron chi connectivity index (χ2n) is 4.19. The van der Waals surface area contributed by atoms with Gasteiger partial charge in [-0.05, 0) is 5.57 Å². The fourth-order valence-electron chi connectivity index (χ4n) is 2.07. The lowest BCUT2D eigenvalue weighted by Gasteiger charge is -2.48. The van der Waals surface area contributed by atoms with Gasteiger partial charge in [0, 0.05) is 11.5 Å². The molecule has 3 rings (SSSR count). The molecule has 1 fully saturated rings. The van der Waals surface area contributed by atoms with E-state index in [-0.39, 0.29) is 17.0 Å². The van der Waals surface area contributed by atoms with Crippen LogP contribution in [0.2, 0.25) is 0 Å². The Kier molecular flexibility index (Phi) is 3.71. The van der Waals surface area contributed by atoms with Crippen LogP contribution in [0, 0.1) is 0 Å². The van der Waals surface area contributed by atoms with Crippen molar-refractivity contribution in [1.82, 2.24) is 15.1 Å². The van der Waals surface area contributed by atoms with E-state index in [9.17, 15) is 14.7 Å². The first-order valence-corrected chi connectivity index (χ1v) is 8.55. The number of rotatable bonds is 4. The number of β-lactam (4-membered cyclic amide) rings is 1. The number of carboxylic acid groups (broad SMARTS) is 1. The summed E-state index contributed by atoms with van der Waals surface area (Å²) < 4.78 is 0.779. The molecule has 0 aromatic carbocycles. The van der Waals surface area contributed by atoms with Gasteiger partial charge in [0.15, 0.2) is 4.34 Å². The molecule has 0 bridgehead atoms. The summed E-state index contributed by atoms with van der Waals surface area (Å²) in [6, 6.07) is -0.591. The van der Waals surface area contributed by atoms with Crippen molar-refractivity contribution in [3.63, 3.8) is 0 Å². The molecule has 0 aliphatic carbocycles. The maximum Gasteiger partial charge on any atom is 0.352 e. The average molecular weight is 330 g/mol.